The molecule has 0 aliphatic carbocycles. The molecule has 1 aliphatic heterocycles. The van der Waals surface area contributed by atoms with Crippen LogP contribution in [-0.2, 0) is 16.0 Å². The summed E-state index contributed by atoms with van der Waals surface area (Å²) in [4.78, 5) is 28.6. The van der Waals surface area contributed by atoms with Gasteiger partial charge in [-0.2, -0.15) is 0 Å². The summed E-state index contributed by atoms with van der Waals surface area (Å²) >= 11 is 6.08. The van der Waals surface area contributed by atoms with Gasteiger partial charge in [-0.25, -0.2) is 0 Å². The van der Waals surface area contributed by atoms with Crippen molar-refractivity contribution in [3.63, 3.8) is 0 Å². The average Bonchev–Trinajstić information content (AvgIpc) is 2.72. The van der Waals surface area contributed by atoms with Crippen LogP contribution in [0.4, 0.5) is 5.69 Å². The van der Waals surface area contributed by atoms with Crippen LogP contribution in [-0.4, -0.2) is 67.4 Å². The maximum absolute atomic E-state index is 12.2. The predicted octanol–water partition coefficient (Wildman–Crippen LogP) is 2.25. The van der Waals surface area contributed by atoms with Gasteiger partial charge in [-0.05, 0) is 24.1 Å². The van der Waals surface area contributed by atoms with E-state index in [4.69, 9.17) is 11.6 Å². The minimum absolute atomic E-state index is 0.0471. The lowest BCUT2D eigenvalue weighted by molar-refractivity contribution is -0.123. The Hall–Kier alpha value is -2.41. The summed E-state index contributed by atoms with van der Waals surface area (Å²) in [5, 5.41) is 6.36. The maximum atomic E-state index is 12.2. The van der Waals surface area contributed by atoms with Crippen LogP contribution in [0, 0.1) is 0 Å². The standard InChI is InChI=1S/C22H27ClN4O2/c23-19-8-4-5-9-20(19)25-22(29)17-27-14-12-26(13-15-27)16-21(28)24-11-10-18-6-2-1-3-7-18/h1-9H,10-17H2,(H,24,28)(H,25,29). The Morgan fingerprint density at radius 1 is 0.828 bits per heavy atom. The lowest BCUT2D eigenvalue weighted by atomic mass is 10.1. The van der Waals surface area contributed by atoms with Gasteiger partial charge in [-0.15, -0.1) is 0 Å². The number of hydrogen-bond donors (Lipinski definition) is 2. The molecule has 0 unspecified atom stereocenters. The molecule has 6 nitrogen and oxygen atoms in total. The fraction of sp³-hybridized carbons (Fsp3) is 0.364. The number of hydrogen-bond acceptors (Lipinski definition) is 4. The summed E-state index contributed by atoms with van der Waals surface area (Å²) in [6.45, 7) is 4.42. The number of nitrogens with zero attached hydrogens (tertiary/aromatic N) is 2. The number of carbonyl (C=O) groups excluding carboxylic acids is 2. The third kappa shape index (κ3) is 7.16. The highest BCUT2D eigenvalue weighted by atomic mass is 35.5. The van der Waals surface area contributed by atoms with Crippen molar-refractivity contribution in [2.75, 3.05) is 51.1 Å². The first-order valence-electron chi connectivity index (χ1n) is 9.90. The van der Waals surface area contributed by atoms with Gasteiger partial charge in [0.15, 0.2) is 0 Å². The predicted molar refractivity (Wildman–Crippen MR) is 116 cm³/mol. The molecular weight excluding hydrogens is 388 g/mol. The molecule has 7 heteroatoms. The van der Waals surface area contributed by atoms with Gasteiger partial charge in [0.1, 0.15) is 0 Å². The van der Waals surface area contributed by atoms with E-state index >= 15 is 0 Å². The van der Waals surface area contributed by atoms with Crippen LogP contribution in [0.5, 0.6) is 0 Å². The van der Waals surface area contributed by atoms with Crippen molar-refractivity contribution < 1.29 is 9.59 Å². The Morgan fingerprint density at radius 2 is 1.41 bits per heavy atom. The Kier molecular flexibility index (Phi) is 8.04. The molecule has 0 aromatic heterocycles. The number of nitrogens with one attached hydrogen (secondary N) is 2. The first-order chi connectivity index (χ1) is 14.1. The Bertz CT molecular complexity index is 807. The monoisotopic (exact) mass is 414 g/mol. The summed E-state index contributed by atoms with van der Waals surface area (Å²) in [6, 6.07) is 17.3. The van der Waals surface area contributed by atoms with E-state index in [-0.39, 0.29) is 11.8 Å². The molecule has 2 amide bonds. The van der Waals surface area contributed by atoms with Gasteiger partial charge in [0, 0.05) is 32.7 Å². The van der Waals surface area contributed by atoms with Crippen LogP contribution in [0.2, 0.25) is 5.02 Å². The lowest BCUT2D eigenvalue weighted by Gasteiger charge is -2.33. The molecule has 0 spiro atoms. The second kappa shape index (κ2) is 11.0. The Labute approximate surface area is 176 Å². The van der Waals surface area contributed by atoms with Crippen LogP contribution in [0.25, 0.3) is 0 Å². The highest BCUT2D eigenvalue weighted by molar-refractivity contribution is 6.33. The third-order valence-electron chi connectivity index (χ3n) is 4.93. The van der Waals surface area contributed by atoms with E-state index in [9.17, 15) is 9.59 Å². The fourth-order valence-corrected chi connectivity index (χ4v) is 3.49. The summed E-state index contributed by atoms with van der Waals surface area (Å²) in [6.07, 6.45) is 0.834. The maximum Gasteiger partial charge on any atom is 0.238 e. The summed E-state index contributed by atoms with van der Waals surface area (Å²) in [7, 11) is 0. The van der Waals surface area contributed by atoms with Crippen molar-refractivity contribution in [1.82, 2.24) is 15.1 Å². The largest absolute Gasteiger partial charge is 0.355 e. The number of para-hydroxylation sites is 1. The molecule has 2 aromatic rings. The zero-order valence-corrected chi connectivity index (χ0v) is 17.2. The molecule has 2 N–H and O–H groups in total. The van der Waals surface area contributed by atoms with E-state index in [1.54, 1.807) is 12.1 Å². The van der Waals surface area contributed by atoms with Crippen LogP contribution >= 0.6 is 11.6 Å². The zero-order chi connectivity index (χ0) is 20.5. The van der Waals surface area contributed by atoms with Crippen LogP contribution in [0.15, 0.2) is 54.6 Å². The zero-order valence-electron chi connectivity index (χ0n) is 16.4. The van der Waals surface area contributed by atoms with E-state index < -0.39 is 0 Å². The number of piperazine rings is 1. The number of rotatable bonds is 8. The van der Waals surface area contributed by atoms with Gasteiger partial charge in [-0.3, -0.25) is 19.4 Å². The van der Waals surface area contributed by atoms with Crippen LogP contribution in [0.3, 0.4) is 0 Å². The van der Waals surface area contributed by atoms with Crippen molar-refractivity contribution in [3.8, 4) is 0 Å². The SMILES string of the molecule is O=C(CN1CCN(CC(=O)Nc2ccccc2Cl)CC1)NCCc1ccccc1. The average molecular weight is 415 g/mol. The van der Waals surface area contributed by atoms with E-state index in [0.717, 1.165) is 32.6 Å². The molecule has 1 aliphatic rings. The normalized spacial score (nSPS) is 15.1. The van der Waals surface area contributed by atoms with Crippen molar-refractivity contribution in [3.05, 3.63) is 65.2 Å². The molecule has 3 rings (SSSR count). The van der Waals surface area contributed by atoms with Crippen molar-refractivity contribution >= 4 is 29.1 Å². The number of amides is 2. The number of anilines is 1. The first kappa shape index (κ1) is 21.3. The van der Waals surface area contributed by atoms with Crippen molar-refractivity contribution in [2.24, 2.45) is 0 Å². The highest BCUT2D eigenvalue weighted by Crippen LogP contribution is 2.20. The molecule has 154 valence electrons. The molecule has 0 bridgehead atoms. The van der Waals surface area contributed by atoms with E-state index in [0.29, 0.717) is 30.3 Å². The molecule has 0 radical (unpaired) electrons. The highest BCUT2D eigenvalue weighted by Gasteiger charge is 2.20. The minimum Gasteiger partial charge on any atom is -0.355 e. The summed E-state index contributed by atoms with van der Waals surface area (Å²) in [5.41, 5.74) is 1.85. The number of benzene rings is 2. The van der Waals surface area contributed by atoms with Gasteiger partial charge in [0.25, 0.3) is 0 Å². The van der Waals surface area contributed by atoms with Gasteiger partial charge < -0.3 is 10.6 Å². The quantitative estimate of drug-likeness (QED) is 0.695. The Balaban J connectivity index is 1.32. The molecule has 0 saturated carbocycles. The topological polar surface area (TPSA) is 64.7 Å². The third-order valence-corrected chi connectivity index (χ3v) is 5.26. The Morgan fingerprint density at radius 3 is 2.07 bits per heavy atom. The summed E-state index contributed by atoms with van der Waals surface area (Å²) in [5.74, 6) is -0.0314. The van der Waals surface area contributed by atoms with Crippen molar-refractivity contribution in [1.29, 1.82) is 0 Å². The second-order valence-corrected chi connectivity index (χ2v) is 7.57. The first-order valence-corrected chi connectivity index (χ1v) is 10.3. The molecule has 2 aromatic carbocycles. The van der Waals surface area contributed by atoms with Crippen LogP contribution < -0.4 is 10.6 Å². The van der Waals surface area contributed by atoms with Crippen molar-refractivity contribution in [2.45, 2.75) is 6.42 Å². The minimum atomic E-state index is -0.0785. The molecule has 0 atom stereocenters. The summed E-state index contributed by atoms with van der Waals surface area (Å²) < 4.78 is 0. The van der Waals surface area contributed by atoms with Gasteiger partial charge in [0.05, 0.1) is 23.8 Å². The number of carbonyl (C=O) groups is 2. The molecule has 1 saturated heterocycles. The fourth-order valence-electron chi connectivity index (χ4n) is 3.31. The van der Waals surface area contributed by atoms with Gasteiger partial charge >= 0.3 is 0 Å². The molecular formula is C22H27ClN4O2. The number of halogens is 1. The molecule has 1 heterocycles. The van der Waals surface area contributed by atoms with Gasteiger partial charge in [-0.1, -0.05) is 54.1 Å². The molecule has 29 heavy (non-hydrogen) atoms. The van der Waals surface area contributed by atoms with E-state index in [1.165, 1.54) is 5.56 Å². The lowest BCUT2D eigenvalue weighted by Crippen LogP contribution is -2.51. The van der Waals surface area contributed by atoms with E-state index in [1.807, 2.05) is 30.3 Å². The van der Waals surface area contributed by atoms with Gasteiger partial charge in [0.2, 0.25) is 11.8 Å². The molecule has 1 fully saturated rings. The smallest absolute Gasteiger partial charge is 0.238 e. The van der Waals surface area contributed by atoms with E-state index in [2.05, 4.69) is 32.6 Å². The van der Waals surface area contributed by atoms with Crippen LogP contribution in [0.1, 0.15) is 5.56 Å². The second-order valence-electron chi connectivity index (χ2n) is 7.17.